The highest BCUT2D eigenvalue weighted by atomic mass is 79.9. The first-order chi connectivity index (χ1) is 17.5. The van der Waals surface area contributed by atoms with Gasteiger partial charge in [-0.05, 0) is 67.1 Å². The molecule has 0 radical (unpaired) electrons. The number of carbonyl (C=O) groups is 1. The van der Waals surface area contributed by atoms with Crippen molar-refractivity contribution >= 4 is 27.6 Å². The van der Waals surface area contributed by atoms with Crippen LogP contribution in [-0.2, 0) is 0 Å². The van der Waals surface area contributed by atoms with E-state index in [4.69, 9.17) is 14.6 Å². The molecule has 0 aliphatic carbocycles. The maximum absolute atomic E-state index is 12.5. The largest absolute Gasteiger partial charge is 0.464 e. The van der Waals surface area contributed by atoms with Crippen LogP contribution in [0, 0.1) is 6.92 Å². The van der Waals surface area contributed by atoms with Crippen molar-refractivity contribution in [3.63, 3.8) is 0 Å². The number of aryl methyl sites for hydroxylation is 1. The van der Waals surface area contributed by atoms with Crippen molar-refractivity contribution in [2.75, 3.05) is 0 Å². The number of benzene rings is 4. The van der Waals surface area contributed by atoms with Gasteiger partial charge in [0.1, 0.15) is 11.5 Å². The maximum atomic E-state index is 12.5. The van der Waals surface area contributed by atoms with Crippen molar-refractivity contribution in [2.24, 2.45) is 5.10 Å². The molecule has 0 aromatic heterocycles. The van der Waals surface area contributed by atoms with E-state index in [2.05, 4.69) is 58.2 Å². The minimum absolute atomic E-state index is 0.0890. The van der Waals surface area contributed by atoms with E-state index in [0.717, 1.165) is 39.0 Å². The Bertz CT molecular complexity index is 1450. The molecule has 2 aliphatic heterocycles. The SMILES string of the molecule is Cc1ccc(C2=NN3[C@H](C2)c2ccccc2O[C@H]3c2ccc(OC(=O)c3ccc(Br)cc3)cc2)cc1. The zero-order valence-electron chi connectivity index (χ0n) is 19.6. The number of halogens is 1. The van der Waals surface area contributed by atoms with Crippen LogP contribution in [0.2, 0.25) is 0 Å². The third-order valence-corrected chi connectivity index (χ3v) is 7.07. The van der Waals surface area contributed by atoms with E-state index in [-0.39, 0.29) is 12.3 Å². The molecule has 2 aliphatic rings. The molecule has 6 rings (SSSR count). The molecule has 0 spiro atoms. The van der Waals surface area contributed by atoms with Gasteiger partial charge in [-0.3, -0.25) is 0 Å². The lowest BCUT2D eigenvalue weighted by atomic mass is 9.95. The maximum Gasteiger partial charge on any atom is 0.343 e. The smallest absolute Gasteiger partial charge is 0.343 e. The third kappa shape index (κ3) is 4.29. The van der Waals surface area contributed by atoms with Crippen LogP contribution in [-0.4, -0.2) is 16.7 Å². The molecule has 0 bridgehead atoms. The van der Waals surface area contributed by atoms with Gasteiger partial charge in [0.05, 0.1) is 17.3 Å². The molecule has 4 aromatic carbocycles. The van der Waals surface area contributed by atoms with Crippen molar-refractivity contribution in [1.82, 2.24) is 5.01 Å². The molecule has 0 saturated carbocycles. The normalized spacial score (nSPS) is 18.1. The van der Waals surface area contributed by atoms with E-state index >= 15 is 0 Å². The molecule has 2 heterocycles. The zero-order chi connectivity index (χ0) is 24.6. The van der Waals surface area contributed by atoms with Gasteiger partial charge in [-0.25, -0.2) is 9.80 Å². The lowest BCUT2D eigenvalue weighted by Crippen LogP contribution is -2.33. The topological polar surface area (TPSA) is 51.1 Å². The third-order valence-electron chi connectivity index (χ3n) is 6.54. The van der Waals surface area contributed by atoms with Gasteiger partial charge >= 0.3 is 5.97 Å². The summed E-state index contributed by atoms with van der Waals surface area (Å²) in [4.78, 5) is 12.5. The molecule has 0 fully saturated rings. The average Bonchev–Trinajstić information content (AvgIpc) is 3.35. The Labute approximate surface area is 218 Å². The molecular weight excluding hydrogens is 516 g/mol. The van der Waals surface area contributed by atoms with Crippen molar-refractivity contribution < 1.29 is 14.3 Å². The first-order valence-electron chi connectivity index (χ1n) is 11.8. The van der Waals surface area contributed by atoms with Crippen LogP contribution in [0.25, 0.3) is 0 Å². The molecule has 0 N–H and O–H groups in total. The van der Waals surface area contributed by atoms with Gasteiger partial charge in [0, 0.05) is 22.0 Å². The number of para-hydroxylation sites is 1. The van der Waals surface area contributed by atoms with Gasteiger partial charge < -0.3 is 9.47 Å². The molecule has 0 unspecified atom stereocenters. The molecule has 36 heavy (non-hydrogen) atoms. The van der Waals surface area contributed by atoms with Crippen LogP contribution < -0.4 is 9.47 Å². The summed E-state index contributed by atoms with van der Waals surface area (Å²) < 4.78 is 12.9. The second kappa shape index (κ2) is 9.28. The summed E-state index contributed by atoms with van der Waals surface area (Å²) in [5, 5.41) is 7.08. The van der Waals surface area contributed by atoms with Crippen LogP contribution in [0.15, 0.2) is 107 Å². The number of rotatable bonds is 4. The zero-order valence-corrected chi connectivity index (χ0v) is 21.2. The molecular formula is C30H23BrN2O3. The Balaban J connectivity index is 1.28. The summed E-state index contributed by atoms with van der Waals surface area (Å²) in [6, 6.07) is 31.3. The van der Waals surface area contributed by atoms with Gasteiger partial charge in [0.2, 0.25) is 6.23 Å². The fourth-order valence-corrected chi connectivity index (χ4v) is 4.89. The summed E-state index contributed by atoms with van der Waals surface area (Å²) in [6.07, 6.45) is 0.423. The molecule has 178 valence electrons. The number of hydrogen-bond acceptors (Lipinski definition) is 5. The Morgan fingerprint density at radius 1 is 0.944 bits per heavy atom. The monoisotopic (exact) mass is 538 g/mol. The lowest BCUT2D eigenvalue weighted by molar-refractivity contribution is -0.0190. The van der Waals surface area contributed by atoms with Crippen LogP contribution in [0.3, 0.4) is 0 Å². The fraction of sp³-hybridized carbons (Fsp3) is 0.133. The number of fused-ring (bicyclic) bond motifs is 3. The Morgan fingerprint density at radius 3 is 2.42 bits per heavy atom. The highest BCUT2D eigenvalue weighted by Crippen LogP contribution is 2.47. The summed E-state index contributed by atoms with van der Waals surface area (Å²) in [6.45, 7) is 2.09. The standard InChI is InChI=1S/C30H23BrN2O3/c1-19-6-8-20(9-7-19)26-18-27-25-4-2-3-5-28(25)36-29(33(27)32-26)21-12-16-24(17-13-21)35-30(34)22-10-14-23(31)15-11-22/h2-17,27,29H,18H2,1H3/t27-,29+/m1/s1. The van der Waals surface area contributed by atoms with Crippen LogP contribution in [0.4, 0.5) is 0 Å². The van der Waals surface area contributed by atoms with E-state index in [1.54, 1.807) is 24.3 Å². The van der Waals surface area contributed by atoms with E-state index in [9.17, 15) is 4.79 Å². The number of hydrogen-bond donors (Lipinski definition) is 0. The Morgan fingerprint density at radius 2 is 1.67 bits per heavy atom. The summed E-state index contributed by atoms with van der Waals surface area (Å²) in [5.41, 5.74) is 5.97. The summed E-state index contributed by atoms with van der Waals surface area (Å²) in [5.74, 6) is 0.949. The van der Waals surface area contributed by atoms with Crippen LogP contribution in [0.5, 0.6) is 11.5 Å². The molecule has 0 amide bonds. The van der Waals surface area contributed by atoms with Gasteiger partial charge in [0.15, 0.2) is 0 Å². The van der Waals surface area contributed by atoms with Crippen LogP contribution in [0.1, 0.15) is 51.3 Å². The van der Waals surface area contributed by atoms with Gasteiger partial charge in [0.25, 0.3) is 0 Å². The first kappa shape index (κ1) is 22.6. The fourth-order valence-electron chi connectivity index (χ4n) is 4.63. The van der Waals surface area contributed by atoms with E-state index < -0.39 is 5.97 Å². The quantitative estimate of drug-likeness (QED) is 0.203. The molecule has 0 saturated heterocycles. The number of esters is 1. The number of hydrazone groups is 1. The van der Waals surface area contributed by atoms with Gasteiger partial charge in [-0.2, -0.15) is 5.10 Å². The first-order valence-corrected chi connectivity index (χ1v) is 12.6. The highest BCUT2D eigenvalue weighted by molar-refractivity contribution is 9.10. The minimum Gasteiger partial charge on any atom is -0.464 e. The highest BCUT2D eigenvalue weighted by Gasteiger charge is 2.40. The average molecular weight is 539 g/mol. The minimum atomic E-state index is -0.398. The molecule has 6 heteroatoms. The Kier molecular flexibility index (Phi) is 5.82. The second-order valence-corrected chi connectivity index (χ2v) is 9.90. The Hall–Kier alpha value is -3.90. The molecule has 5 nitrogen and oxygen atoms in total. The number of nitrogens with zero attached hydrogens (tertiary/aromatic N) is 2. The van der Waals surface area contributed by atoms with Crippen molar-refractivity contribution in [3.05, 3.63) is 129 Å². The lowest BCUT2D eigenvalue weighted by Gasteiger charge is -2.38. The van der Waals surface area contributed by atoms with Crippen LogP contribution >= 0.6 is 15.9 Å². The van der Waals surface area contributed by atoms with Crippen molar-refractivity contribution in [2.45, 2.75) is 25.6 Å². The van der Waals surface area contributed by atoms with E-state index in [1.807, 2.05) is 42.5 Å². The summed E-state index contributed by atoms with van der Waals surface area (Å²) >= 11 is 3.38. The van der Waals surface area contributed by atoms with Gasteiger partial charge in [-0.15, -0.1) is 0 Å². The van der Waals surface area contributed by atoms with Crippen molar-refractivity contribution in [3.8, 4) is 11.5 Å². The predicted octanol–water partition coefficient (Wildman–Crippen LogP) is 7.22. The van der Waals surface area contributed by atoms with Gasteiger partial charge in [-0.1, -0.05) is 64.0 Å². The molecule has 4 aromatic rings. The summed E-state index contributed by atoms with van der Waals surface area (Å²) in [7, 11) is 0. The molecule has 2 atom stereocenters. The van der Waals surface area contributed by atoms with Crippen molar-refractivity contribution in [1.29, 1.82) is 0 Å². The number of carbonyl (C=O) groups excluding carboxylic acids is 1. The second-order valence-electron chi connectivity index (χ2n) is 8.99. The number of ether oxygens (including phenoxy) is 2. The predicted molar refractivity (Wildman–Crippen MR) is 142 cm³/mol. The van der Waals surface area contributed by atoms with E-state index in [0.29, 0.717) is 11.3 Å². The van der Waals surface area contributed by atoms with E-state index in [1.165, 1.54) is 5.56 Å².